The number of carbonyl (C=O) groups excluding carboxylic acids is 2. The molecule has 4 nitrogen and oxygen atoms in total. The zero-order valence-corrected chi connectivity index (χ0v) is 14.8. The van der Waals surface area contributed by atoms with E-state index in [4.69, 9.17) is 0 Å². The van der Waals surface area contributed by atoms with Gasteiger partial charge in [-0.25, -0.2) is 22.0 Å². The van der Waals surface area contributed by atoms with Crippen LogP contribution in [0, 0.1) is 41.9 Å². The van der Waals surface area contributed by atoms with Gasteiger partial charge >= 0.3 is 0 Å². The van der Waals surface area contributed by atoms with Crippen molar-refractivity contribution in [2.24, 2.45) is 5.92 Å². The second-order valence-corrected chi connectivity index (χ2v) is 6.65. The van der Waals surface area contributed by atoms with Gasteiger partial charge in [0, 0.05) is 19.5 Å². The summed E-state index contributed by atoms with van der Waals surface area (Å²) in [5, 5.41) is 1.71. The van der Waals surface area contributed by atoms with Gasteiger partial charge in [-0.1, -0.05) is 29.8 Å². The van der Waals surface area contributed by atoms with Crippen LogP contribution in [0.2, 0.25) is 0 Å². The molecule has 0 aliphatic carbocycles. The Balaban J connectivity index is 1.97. The highest BCUT2D eigenvalue weighted by molar-refractivity contribution is 6.08. The number of hydrogen-bond donors (Lipinski definition) is 1. The molecule has 1 heterocycles. The van der Waals surface area contributed by atoms with Gasteiger partial charge in [-0.3, -0.25) is 9.59 Å². The van der Waals surface area contributed by atoms with Crippen molar-refractivity contribution in [2.75, 3.05) is 18.9 Å². The van der Waals surface area contributed by atoms with Crippen LogP contribution < -0.4 is 5.32 Å². The predicted molar refractivity (Wildman–Crippen MR) is 89.9 cm³/mol. The third-order valence-corrected chi connectivity index (χ3v) is 4.76. The van der Waals surface area contributed by atoms with Crippen LogP contribution in [0.15, 0.2) is 24.3 Å². The summed E-state index contributed by atoms with van der Waals surface area (Å²) >= 11 is 0. The smallest absolute Gasteiger partial charge is 0.237 e. The maximum Gasteiger partial charge on any atom is 0.237 e. The van der Waals surface area contributed by atoms with Crippen LogP contribution in [0.4, 0.5) is 27.6 Å². The summed E-state index contributed by atoms with van der Waals surface area (Å²) in [6, 6.07) is 6.98. The van der Waals surface area contributed by atoms with Crippen molar-refractivity contribution in [2.45, 2.75) is 12.8 Å². The van der Waals surface area contributed by atoms with E-state index in [-0.39, 0.29) is 6.54 Å². The predicted octanol–water partition coefficient (Wildman–Crippen LogP) is 3.50. The van der Waals surface area contributed by atoms with E-state index in [1.54, 1.807) is 29.6 Å². The van der Waals surface area contributed by atoms with Crippen molar-refractivity contribution in [1.82, 2.24) is 4.90 Å². The van der Waals surface area contributed by atoms with E-state index in [0.717, 1.165) is 5.56 Å². The number of nitrogens with zero attached hydrogens (tertiary/aromatic N) is 1. The molecule has 0 saturated carbocycles. The largest absolute Gasteiger partial charge is 0.344 e. The Morgan fingerprint density at radius 3 is 2.00 bits per heavy atom. The molecular formula is C19H15F5N2O2. The zero-order chi connectivity index (χ0) is 20.7. The number of benzene rings is 2. The Labute approximate surface area is 156 Å². The molecule has 1 N–H and O–H groups in total. The lowest BCUT2D eigenvalue weighted by Gasteiger charge is -2.18. The molecule has 28 heavy (non-hydrogen) atoms. The molecule has 2 aromatic rings. The number of rotatable bonds is 3. The first kappa shape index (κ1) is 19.8. The van der Waals surface area contributed by atoms with Crippen LogP contribution in [-0.2, 0) is 9.59 Å². The molecule has 0 bridgehead atoms. The highest BCUT2D eigenvalue weighted by Crippen LogP contribution is 2.35. The lowest BCUT2D eigenvalue weighted by atomic mass is 9.87. The lowest BCUT2D eigenvalue weighted by molar-refractivity contribution is -0.135. The molecule has 1 aliphatic rings. The molecule has 0 spiro atoms. The molecule has 2 atom stereocenters. The third kappa shape index (κ3) is 3.21. The molecule has 2 amide bonds. The second-order valence-electron chi connectivity index (χ2n) is 6.65. The van der Waals surface area contributed by atoms with Gasteiger partial charge in [0.25, 0.3) is 0 Å². The number of nitrogens with one attached hydrogen (secondary N) is 1. The molecule has 0 unspecified atom stereocenters. The normalized spacial score (nSPS) is 19.2. The molecule has 1 fully saturated rings. The van der Waals surface area contributed by atoms with E-state index in [0.29, 0.717) is 5.56 Å². The maximum absolute atomic E-state index is 13.9. The van der Waals surface area contributed by atoms with Crippen molar-refractivity contribution in [3.05, 3.63) is 64.5 Å². The van der Waals surface area contributed by atoms with Crippen molar-refractivity contribution >= 4 is 17.5 Å². The van der Waals surface area contributed by atoms with E-state index in [1.165, 1.54) is 11.9 Å². The Hall–Kier alpha value is -2.97. The number of halogens is 5. The quantitative estimate of drug-likeness (QED) is 0.372. The number of aryl methyl sites for hydroxylation is 1. The van der Waals surface area contributed by atoms with Gasteiger partial charge in [-0.05, 0) is 12.5 Å². The molecule has 148 valence electrons. The summed E-state index contributed by atoms with van der Waals surface area (Å²) < 4.78 is 67.6. The average molecular weight is 398 g/mol. The van der Waals surface area contributed by atoms with Crippen LogP contribution in [0.1, 0.15) is 17.0 Å². The summed E-state index contributed by atoms with van der Waals surface area (Å²) in [6.45, 7) is 2.01. The fourth-order valence-electron chi connectivity index (χ4n) is 3.22. The van der Waals surface area contributed by atoms with Gasteiger partial charge in [0.05, 0.1) is 0 Å². The van der Waals surface area contributed by atoms with E-state index >= 15 is 0 Å². The summed E-state index contributed by atoms with van der Waals surface area (Å²) in [5.74, 6) is -14.8. The maximum atomic E-state index is 13.9. The fourth-order valence-corrected chi connectivity index (χ4v) is 3.22. The number of amides is 2. The molecule has 3 rings (SSSR count). The average Bonchev–Trinajstić information content (AvgIpc) is 2.97. The number of likely N-dealkylation sites (N-methyl/N-ethyl adjacent to an activating group) is 1. The van der Waals surface area contributed by atoms with Gasteiger partial charge in [-0.15, -0.1) is 0 Å². The summed E-state index contributed by atoms with van der Waals surface area (Å²) in [5.41, 5.74) is 0.108. The molecule has 1 saturated heterocycles. The third-order valence-electron chi connectivity index (χ3n) is 4.76. The number of likely N-dealkylation sites (tertiary alicyclic amines) is 1. The monoisotopic (exact) mass is 398 g/mol. The van der Waals surface area contributed by atoms with Gasteiger partial charge in [-0.2, -0.15) is 0 Å². The van der Waals surface area contributed by atoms with Crippen LogP contribution in [0.25, 0.3) is 0 Å². The van der Waals surface area contributed by atoms with E-state index in [1.807, 2.05) is 6.92 Å². The van der Waals surface area contributed by atoms with Crippen LogP contribution in [0.3, 0.4) is 0 Å². The van der Waals surface area contributed by atoms with Crippen LogP contribution >= 0.6 is 0 Å². The molecule has 0 aromatic heterocycles. The number of carbonyl (C=O) groups is 2. The van der Waals surface area contributed by atoms with Gasteiger partial charge < -0.3 is 10.2 Å². The Kier molecular flexibility index (Phi) is 5.10. The minimum atomic E-state index is -2.33. The number of anilines is 1. The Morgan fingerprint density at radius 2 is 1.46 bits per heavy atom. The van der Waals surface area contributed by atoms with E-state index in [2.05, 4.69) is 0 Å². The van der Waals surface area contributed by atoms with Crippen molar-refractivity contribution in [3.8, 4) is 0 Å². The standard InChI is InChI=1S/C19H15F5N2O2/c1-8-3-5-9(6-4-8)10-7-26(2)19(28)11(10)18(27)25-17-15(23)13(21)12(20)14(22)16(17)24/h3-6,10-11H,7H2,1-2H3,(H,25,27)/t10-,11+/m1/s1. The first-order valence-electron chi connectivity index (χ1n) is 8.27. The van der Waals surface area contributed by atoms with Crippen molar-refractivity contribution in [3.63, 3.8) is 0 Å². The van der Waals surface area contributed by atoms with Gasteiger partial charge in [0.15, 0.2) is 23.3 Å². The SMILES string of the molecule is Cc1ccc([C@H]2CN(C)C(=O)[C@@H]2C(=O)Nc2c(F)c(F)c(F)c(F)c2F)cc1. The summed E-state index contributed by atoms with van der Waals surface area (Å²) in [4.78, 5) is 26.3. The molecule has 1 aliphatic heterocycles. The lowest BCUT2D eigenvalue weighted by Crippen LogP contribution is -2.33. The topological polar surface area (TPSA) is 49.4 Å². The Morgan fingerprint density at radius 1 is 0.964 bits per heavy atom. The zero-order valence-electron chi connectivity index (χ0n) is 14.8. The second kappa shape index (κ2) is 7.21. The van der Waals surface area contributed by atoms with Crippen LogP contribution in [-0.4, -0.2) is 30.3 Å². The van der Waals surface area contributed by atoms with Gasteiger partial charge in [0.2, 0.25) is 17.6 Å². The molecule has 2 aromatic carbocycles. The van der Waals surface area contributed by atoms with E-state index < -0.39 is 58.4 Å². The highest BCUT2D eigenvalue weighted by atomic mass is 19.2. The highest BCUT2D eigenvalue weighted by Gasteiger charge is 2.44. The first-order chi connectivity index (χ1) is 13.1. The molecule has 9 heteroatoms. The molecule has 0 radical (unpaired) electrons. The number of hydrogen-bond acceptors (Lipinski definition) is 2. The van der Waals surface area contributed by atoms with Crippen LogP contribution in [0.5, 0.6) is 0 Å². The fraction of sp³-hybridized carbons (Fsp3) is 0.263. The van der Waals surface area contributed by atoms with Gasteiger partial charge in [0.1, 0.15) is 11.6 Å². The summed E-state index contributed by atoms with van der Waals surface area (Å²) in [6.07, 6.45) is 0. The molecular weight excluding hydrogens is 383 g/mol. The van der Waals surface area contributed by atoms with Crippen molar-refractivity contribution < 1.29 is 31.5 Å². The minimum absolute atomic E-state index is 0.164. The first-order valence-corrected chi connectivity index (χ1v) is 8.27. The van der Waals surface area contributed by atoms with Crippen molar-refractivity contribution in [1.29, 1.82) is 0 Å². The van der Waals surface area contributed by atoms with E-state index in [9.17, 15) is 31.5 Å². The Bertz CT molecular complexity index is 933. The summed E-state index contributed by atoms with van der Waals surface area (Å²) in [7, 11) is 1.45. The minimum Gasteiger partial charge on any atom is -0.344 e.